The summed E-state index contributed by atoms with van der Waals surface area (Å²) in [6.45, 7) is 0.987. The van der Waals surface area contributed by atoms with Gasteiger partial charge in [-0.05, 0) is 31.9 Å². The van der Waals surface area contributed by atoms with Crippen LogP contribution in [0.4, 0.5) is 0 Å². The molecule has 3 rings (SSSR count). The van der Waals surface area contributed by atoms with Gasteiger partial charge in [0.15, 0.2) is 0 Å². The van der Waals surface area contributed by atoms with Crippen molar-refractivity contribution in [1.82, 2.24) is 20.5 Å². The highest BCUT2D eigenvalue weighted by molar-refractivity contribution is 5.49. The molecule has 0 unspecified atom stereocenters. The third-order valence-corrected chi connectivity index (χ3v) is 3.08. The fourth-order valence-corrected chi connectivity index (χ4v) is 1.85. The maximum absolute atomic E-state index is 11.0. The van der Waals surface area contributed by atoms with Crippen LogP contribution in [0.25, 0.3) is 11.5 Å². The number of nitrogens with zero attached hydrogens (tertiary/aromatic N) is 2. The molecule has 1 fully saturated rings. The van der Waals surface area contributed by atoms with E-state index in [1.165, 1.54) is 18.9 Å². The Morgan fingerprint density at radius 3 is 3.00 bits per heavy atom. The van der Waals surface area contributed by atoms with E-state index in [1.807, 2.05) is 0 Å². The van der Waals surface area contributed by atoms with Crippen molar-refractivity contribution in [3.63, 3.8) is 0 Å². The lowest BCUT2D eigenvalue weighted by atomic mass is 10.3. The van der Waals surface area contributed by atoms with Gasteiger partial charge in [0.1, 0.15) is 0 Å². The molecule has 1 aliphatic carbocycles. The average molecular weight is 260 g/mol. The highest BCUT2D eigenvalue weighted by Gasteiger charge is 2.19. The Morgan fingerprint density at radius 2 is 2.26 bits per heavy atom. The normalized spacial score (nSPS) is 14.7. The van der Waals surface area contributed by atoms with Crippen LogP contribution in [0.2, 0.25) is 0 Å². The molecule has 0 atom stereocenters. The minimum absolute atomic E-state index is 0.144. The highest BCUT2D eigenvalue weighted by atomic mass is 16.4. The highest BCUT2D eigenvalue weighted by Crippen LogP contribution is 2.19. The second-order valence-electron chi connectivity index (χ2n) is 4.77. The van der Waals surface area contributed by atoms with Crippen molar-refractivity contribution in [1.29, 1.82) is 0 Å². The monoisotopic (exact) mass is 260 g/mol. The molecule has 0 amide bonds. The average Bonchev–Trinajstić information content (AvgIpc) is 3.13. The Morgan fingerprint density at radius 1 is 1.37 bits per heavy atom. The van der Waals surface area contributed by atoms with Crippen molar-refractivity contribution in [2.24, 2.45) is 0 Å². The summed E-state index contributed by atoms with van der Waals surface area (Å²) in [6, 6.07) is 3.85. The lowest BCUT2D eigenvalue weighted by Gasteiger charge is -1.99. The predicted molar refractivity (Wildman–Crippen MR) is 69.7 cm³/mol. The van der Waals surface area contributed by atoms with Crippen molar-refractivity contribution in [2.75, 3.05) is 6.54 Å². The summed E-state index contributed by atoms with van der Waals surface area (Å²) >= 11 is 0. The third kappa shape index (κ3) is 3.29. The van der Waals surface area contributed by atoms with Crippen molar-refractivity contribution >= 4 is 0 Å². The zero-order valence-corrected chi connectivity index (χ0v) is 10.6. The van der Waals surface area contributed by atoms with E-state index in [4.69, 9.17) is 4.42 Å². The molecule has 1 saturated carbocycles. The molecule has 6 heteroatoms. The zero-order chi connectivity index (χ0) is 13.1. The number of aromatic nitrogens is 3. The summed E-state index contributed by atoms with van der Waals surface area (Å²) in [4.78, 5) is 13.5. The topological polar surface area (TPSA) is 83.8 Å². The standard InChI is InChI=1S/C13H16N4O2/c18-11-6-3-9(8-15-11)13-17-16-12(19-13)2-1-7-14-10-4-5-10/h3,6,8,10,14H,1-2,4-5,7H2,(H,15,18). The third-order valence-electron chi connectivity index (χ3n) is 3.08. The van der Waals surface area contributed by atoms with Gasteiger partial charge in [-0.15, -0.1) is 10.2 Å². The Hall–Kier alpha value is -1.95. The molecule has 0 aliphatic heterocycles. The number of H-pyrrole nitrogens is 1. The Bertz CT molecular complexity index is 580. The van der Waals surface area contributed by atoms with Gasteiger partial charge in [-0.2, -0.15) is 0 Å². The number of rotatable bonds is 6. The van der Waals surface area contributed by atoms with Gasteiger partial charge >= 0.3 is 0 Å². The first-order valence-corrected chi connectivity index (χ1v) is 6.56. The second-order valence-corrected chi connectivity index (χ2v) is 4.77. The summed E-state index contributed by atoms with van der Waals surface area (Å²) < 4.78 is 5.56. The molecule has 2 aromatic heterocycles. The van der Waals surface area contributed by atoms with E-state index in [9.17, 15) is 4.79 Å². The van der Waals surface area contributed by atoms with E-state index in [2.05, 4.69) is 20.5 Å². The van der Waals surface area contributed by atoms with Crippen LogP contribution in [-0.4, -0.2) is 27.8 Å². The van der Waals surface area contributed by atoms with Gasteiger partial charge in [-0.25, -0.2) is 0 Å². The van der Waals surface area contributed by atoms with E-state index in [-0.39, 0.29) is 5.56 Å². The van der Waals surface area contributed by atoms with E-state index in [0.29, 0.717) is 11.8 Å². The van der Waals surface area contributed by atoms with E-state index in [1.54, 1.807) is 12.3 Å². The van der Waals surface area contributed by atoms with Crippen LogP contribution in [-0.2, 0) is 6.42 Å². The number of hydrogen-bond acceptors (Lipinski definition) is 5. The van der Waals surface area contributed by atoms with Crippen molar-refractivity contribution in [3.05, 3.63) is 34.6 Å². The lowest BCUT2D eigenvalue weighted by Crippen LogP contribution is -2.17. The maximum atomic E-state index is 11.0. The summed E-state index contributed by atoms with van der Waals surface area (Å²) in [5.41, 5.74) is 0.587. The van der Waals surface area contributed by atoms with E-state index in [0.717, 1.165) is 31.0 Å². The molecule has 19 heavy (non-hydrogen) atoms. The lowest BCUT2D eigenvalue weighted by molar-refractivity contribution is 0.490. The second kappa shape index (κ2) is 5.36. The van der Waals surface area contributed by atoms with Crippen LogP contribution in [0.1, 0.15) is 25.2 Å². The molecule has 0 saturated heterocycles. The van der Waals surface area contributed by atoms with Crippen LogP contribution < -0.4 is 10.9 Å². The molecule has 6 nitrogen and oxygen atoms in total. The molecule has 2 heterocycles. The van der Waals surface area contributed by atoms with Gasteiger partial charge < -0.3 is 14.7 Å². The first-order chi connectivity index (χ1) is 9.31. The Balaban J connectivity index is 1.55. The summed E-state index contributed by atoms with van der Waals surface area (Å²) in [6.07, 6.45) is 5.95. The minimum Gasteiger partial charge on any atom is -0.421 e. The minimum atomic E-state index is -0.144. The van der Waals surface area contributed by atoms with Crippen LogP contribution in [0.15, 0.2) is 27.5 Å². The van der Waals surface area contributed by atoms with E-state index < -0.39 is 0 Å². The van der Waals surface area contributed by atoms with Crippen molar-refractivity contribution < 1.29 is 4.42 Å². The number of hydrogen-bond donors (Lipinski definition) is 2. The maximum Gasteiger partial charge on any atom is 0.249 e. The van der Waals surface area contributed by atoms with Crippen molar-refractivity contribution in [2.45, 2.75) is 31.7 Å². The van der Waals surface area contributed by atoms with E-state index >= 15 is 0 Å². The number of aryl methyl sites for hydroxylation is 1. The largest absolute Gasteiger partial charge is 0.421 e. The first-order valence-electron chi connectivity index (χ1n) is 6.56. The summed E-state index contributed by atoms with van der Waals surface area (Å²) in [5.74, 6) is 1.08. The Kier molecular flexibility index (Phi) is 3.41. The smallest absolute Gasteiger partial charge is 0.249 e. The fourth-order valence-electron chi connectivity index (χ4n) is 1.85. The number of pyridine rings is 1. The van der Waals surface area contributed by atoms with Crippen LogP contribution in [0.5, 0.6) is 0 Å². The molecule has 100 valence electrons. The van der Waals surface area contributed by atoms with Gasteiger partial charge in [-0.1, -0.05) is 0 Å². The van der Waals surface area contributed by atoms with Gasteiger partial charge in [0.05, 0.1) is 5.56 Å². The number of aromatic amines is 1. The zero-order valence-electron chi connectivity index (χ0n) is 10.6. The first kappa shape index (κ1) is 12.1. The predicted octanol–water partition coefficient (Wildman–Crippen LogP) is 1.11. The molecule has 1 aliphatic rings. The summed E-state index contributed by atoms with van der Waals surface area (Å²) in [7, 11) is 0. The van der Waals surface area contributed by atoms with Crippen LogP contribution >= 0.6 is 0 Å². The van der Waals surface area contributed by atoms with Crippen molar-refractivity contribution in [3.8, 4) is 11.5 Å². The van der Waals surface area contributed by atoms with Crippen LogP contribution in [0.3, 0.4) is 0 Å². The van der Waals surface area contributed by atoms with Gasteiger partial charge in [-0.3, -0.25) is 4.79 Å². The molecule has 0 radical (unpaired) electrons. The summed E-state index contributed by atoms with van der Waals surface area (Å²) in [5, 5.41) is 11.4. The molecular weight excluding hydrogens is 244 g/mol. The quantitative estimate of drug-likeness (QED) is 0.760. The molecule has 2 N–H and O–H groups in total. The molecule has 0 spiro atoms. The van der Waals surface area contributed by atoms with Gasteiger partial charge in [0.2, 0.25) is 17.3 Å². The van der Waals surface area contributed by atoms with Crippen LogP contribution in [0, 0.1) is 0 Å². The molecule has 0 bridgehead atoms. The molecule has 2 aromatic rings. The fraction of sp³-hybridized carbons (Fsp3) is 0.462. The van der Waals surface area contributed by atoms with Gasteiger partial charge in [0.25, 0.3) is 0 Å². The Labute approximate surface area is 110 Å². The SMILES string of the molecule is O=c1ccc(-c2nnc(CCCNC3CC3)o2)c[nH]1. The number of nitrogens with one attached hydrogen (secondary N) is 2. The van der Waals surface area contributed by atoms with Gasteiger partial charge in [0, 0.05) is 24.7 Å². The molecular formula is C13H16N4O2. The molecule has 0 aromatic carbocycles.